The van der Waals surface area contributed by atoms with Crippen molar-refractivity contribution >= 4 is 16.6 Å². The Bertz CT molecular complexity index is 558. The third-order valence-corrected chi connectivity index (χ3v) is 12.1. The monoisotopic (exact) mass is 368 g/mol. The second-order valence-corrected chi connectivity index (χ2v) is 19.9. The Labute approximate surface area is 150 Å². The molecule has 3 aliphatic rings. The van der Waals surface area contributed by atoms with E-state index in [4.69, 9.17) is 13.6 Å². The molecule has 0 N–H and O–H groups in total. The van der Waals surface area contributed by atoms with Crippen LogP contribution in [0.4, 0.5) is 0 Å². The van der Waals surface area contributed by atoms with E-state index in [1.165, 1.54) is 0 Å². The smallest absolute Gasteiger partial charge is 0.241 e. The number of hydrogen-bond acceptors (Lipinski definition) is 3. The molecule has 24 heavy (non-hydrogen) atoms. The Morgan fingerprint density at radius 3 is 2.33 bits per heavy atom. The lowest BCUT2D eigenvalue weighted by molar-refractivity contribution is 0.0329. The van der Waals surface area contributed by atoms with Crippen LogP contribution in [0.2, 0.25) is 37.8 Å². The predicted octanol–water partition coefficient (Wildman–Crippen LogP) is 5.45. The molecule has 1 spiro atoms. The van der Waals surface area contributed by atoms with Gasteiger partial charge in [0.2, 0.25) is 8.32 Å². The van der Waals surface area contributed by atoms with E-state index < -0.39 is 16.6 Å². The molecule has 1 saturated heterocycles. The van der Waals surface area contributed by atoms with Crippen LogP contribution in [0.5, 0.6) is 0 Å². The molecule has 0 aromatic carbocycles. The highest BCUT2D eigenvalue weighted by molar-refractivity contribution is 6.74. The molecule has 1 aliphatic heterocycles. The van der Waals surface area contributed by atoms with E-state index >= 15 is 0 Å². The van der Waals surface area contributed by atoms with E-state index in [0.29, 0.717) is 6.10 Å². The van der Waals surface area contributed by atoms with Crippen LogP contribution in [-0.2, 0) is 13.6 Å². The second kappa shape index (κ2) is 5.21. The molecule has 138 valence electrons. The van der Waals surface area contributed by atoms with Crippen LogP contribution in [0.25, 0.3) is 0 Å². The van der Waals surface area contributed by atoms with Crippen molar-refractivity contribution in [3.63, 3.8) is 0 Å². The normalized spacial score (nSPS) is 39.1. The second-order valence-electron chi connectivity index (χ2n) is 10.7. The molecule has 1 heterocycles. The number of allylic oxidation sites excluding steroid dienone is 1. The summed E-state index contributed by atoms with van der Waals surface area (Å²) in [7, 11) is -3.35. The summed E-state index contributed by atoms with van der Waals surface area (Å²) in [6.45, 7) is 20.8. The topological polar surface area (TPSA) is 31.0 Å². The molecule has 2 aliphatic carbocycles. The van der Waals surface area contributed by atoms with Gasteiger partial charge < -0.3 is 13.6 Å². The van der Waals surface area contributed by atoms with Crippen molar-refractivity contribution in [2.24, 2.45) is 5.41 Å². The minimum Gasteiger partial charge on any atom is -0.546 e. The van der Waals surface area contributed by atoms with Gasteiger partial charge in [0.1, 0.15) is 17.5 Å². The zero-order chi connectivity index (χ0) is 18.2. The van der Waals surface area contributed by atoms with E-state index in [9.17, 15) is 0 Å². The van der Waals surface area contributed by atoms with Crippen LogP contribution in [-0.4, -0.2) is 34.4 Å². The first-order chi connectivity index (χ1) is 10.7. The molecule has 0 bridgehead atoms. The maximum atomic E-state index is 6.86. The summed E-state index contributed by atoms with van der Waals surface area (Å²) in [5.41, 5.74) is 0.0727. The highest BCUT2D eigenvalue weighted by atomic mass is 28.4. The number of epoxide rings is 1. The van der Waals surface area contributed by atoms with Crippen LogP contribution in [0.15, 0.2) is 11.8 Å². The summed E-state index contributed by atoms with van der Waals surface area (Å²) in [5.74, 6) is 1.11. The van der Waals surface area contributed by atoms with Gasteiger partial charge in [-0.3, -0.25) is 0 Å². The van der Waals surface area contributed by atoms with Gasteiger partial charge >= 0.3 is 0 Å². The summed E-state index contributed by atoms with van der Waals surface area (Å²) < 4.78 is 19.5. The zero-order valence-electron chi connectivity index (χ0n) is 17.1. The van der Waals surface area contributed by atoms with Gasteiger partial charge in [0, 0.05) is 5.41 Å². The molecule has 0 aromatic rings. The minimum absolute atomic E-state index is 0.0240. The molecule has 0 unspecified atom stereocenters. The van der Waals surface area contributed by atoms with E-state index in [-0.39, 0.29) is 22.2 Å². The Morgan fingerprint density at radius 2 is 1.79 bits per heavy atom. The molecule has 0 radical (unpaired) electrons. The maximum absolute atomic E-state index is 6.86. The summed E-state index contributed by atoms with van der Waals surface area (Å²) in [5, 5.41) is 0.250. The Kier molecular flexibility index (Phi) is 4.05. The number of hydrogen-bond donors (Lipinski definition) is 0. The van der Waals surface area contributed by atoms with Gasteiger partial charge in [-0.05, 0) is 63.1 Å². The molecule has 0 aromatic heterocycles. The molecule has 3 nitrogen and oxygen atoms in total. The van der Waals surface area contributed by atoms with Gasteiger partial charge in [-0.25, -0.2) is 0 Å². The molecule has 3 rings (SSSR count). The highest BCUT2D eigenvalue weighted by Gasteiger charge is 2.75. The molecular formula is C19H36O3Si2. The Morgan fingerprint density at radius 1 is 1.17 bits per heavy atom. The minimum atomic E-state index is -1.76. The number of ether oxygens (including phenoxy) is 1. The molecule has 0 amide bonds. The SMILES string of the molecule is CC(C)(C)[Si](C)(C)O[C@@H]1CC[C@@]23O[C@@H]2C(O[Si](C)(C)C)=CC[C@@]13C. The lowest BCUT2D eigenvalue weighted by Gasteiger charge is -2.44. The van der Waals surface area contributed by atoms with E-state index in [0.717, 1.165) is 25.0 Å². The van der Waals surface area contributed by atoms with Gasteiger partial charge in [0.25, 0.3) is 0 Å². The molecule has 1 saturated carbocycles. The summed E-state index contributed by atoms with van der Waals surface area (Å²) in [6, 6.07) is 0. The summed E-state index contributed by atoms with van der Waals surface area (Å²) in [4.78, 5) is 0. The average Bonchev–Trinajstić information content (AvgIpc) is 3.06. The van der Waals surface area contributed by atoms with E-state index in [1.807, 2.05) is 0 Å². The van der Waals surface area contributed by atoms with Gasteiger partial charge in [0.05, 0.1) is 6.10 Å². The van der Waals surface area contributed by atoms with Crippen molar-refractivity contribution in [1.29, 1.82) is 0 Å². The quantitative estimate of drug-likeness (QED) is 0.488. The third kappa shape index (κ3) is 2.76. The van der Waals surface area contributed by atoms with Gasteiger partial charge in [-0.2, -0.15) is 0 Å². The van der Waals surface area contributed by atoms with Crippen molar-refractivity contribution in [3.05, 3.63) is 11.8 Å². The van der Waals surface area contributed by atoms with Crippen LogP contribution in [0.1, 0.15) is 47.0 Å². The van der Waals surface area contributed by atoms with Gasteiger partial charge in [-0.15, -0.1) is 0 Å². The van der Waals surface area contributed by atoms with Crippen LogP contribution >= 0.6 is 0 Å². The number of rotatable bonds is 4. The van der Waals surface area contributed by atoms with Crippen molar-refractivity contribution in [2.75, 3.05) is 0 Å². The fraction of sp³-hybridized carbons (Fsp3) is 0.895. The average molecular weight is 369 g/mol. The van der Waals surface area contributed by atoms with Gasteiger partial charge in [-0.1, -0.05) is 27.7 Å². The fourth-order valence-corrected chi connectivity index (χ4v) is 6.54. The lowest BCUT2D eigenvalue weighted by atomic mass is 9.70. The molecule has 2 fully saturated rings. The summed E-state index contributed by atoms with van der Waals surface area (Å²) in [6.07, 6.45) is 6.04. The maximum Gasteiger partial charge on any atom is 0.241 e. The first-order valence-corrected chi connectivity index (χ1v) is 15.8. The Hall–Kier alpha value is -0.106. The van der Waals surface area contributed by atoms with Crippen molar-refractivity contribution in [2.45, 2.75) is 103 Å². The van der Waals surface area contributed by atoms with Crippen LogP contribution < -0.4 is 0 Å². The predicted molar refractivity (Wildman–Crippen MR) is 104 cm³/mol. The zero-order valence-corrected chi connectivity index (χ0v) is 19.1. The molecule has 5 heteroatoms. The largest absolute Gasteiger partial charge is 0.546 e. The molecular weight excluding hydrogens is 332 g/mol. The van der Waals surface area contributed by atoms with Crippen molar-refractivity contribution in [1.82, 2.24) is 0 Å². The first-order valence-electron chi connectivity index (χ1n) is 9.47. The standard InChI is InChI=1S/C19H36O3Si2/c1-17(2,3)24(8,9)22-15-11-13-19-16(20-19)14(21-23(5,6)7)10-12-18(15,19)4/h10,15-16H,11-13H2,1-9H3/t15-,16-,18+,19-/m1/s1. The van der Waals surface area contributed by atoms with Crippen LogP contribution in [0, 0.1) is 5.41 Å². The van der Waals surface area contributed by atoms with E-state index in [1.54, 1.807) is 0 Å². The van der Waals surface area contributed by atoms with Crippen molar-refractivity contribution in [3.8, 4) is 0 Å². The van der Waals surface area contributed by atoms with E-state index in [2.05, 4.69) is 66.5 Å². The Balaban J connectivity index is 1.81. The highest BCUT2D eigenvalue weighted by Crippen LogP contribution is 2.67. The summed E-state index contributed by atoms with van der Waals surface area (Å²) >= 11 is 0. The lowest BCUT2D eigenvalue weighted by Crippen LogP contribution is -2.50. The van der Waals surface area contributed by atoms with Crippen molar-refractivity contribution < 1.29 is 13.6 Å². The third-order valence-electron chi connectivity index (χ3n) is 6.80. The molecule has 4 atom stereocenters. The van der Waals surface area contributed by atoms with Crippen LogP contribution in [0.3, 0.4) is 0 Å². The van der Waals surface area contributed by atoms with Gasteiger partial charge in [0.15, 0.2) is 8.32 Å². The fourth-order valence-electron chi connectivity index (χ4n) is 4.20. The first kappa shape index (κ1) is 18.7.